The van der Waals surface area contributed by atoms with E-state index in [0.29, 0.717) is 0 Å². The third kappa shape index (κ3) is 2.16. The molecule has 0 amide bonds. The fourth-order valence-corrected chi connectivity index (χ4v) is 3.12. The van der Waals surface area contributed by atoms with E-state index in [2.05, 4.69) is 49.5 Å². The first-order valence-corrected chi connectivity index (χ1v) is 6.94. The van der Waals surface area contributed by atoms with E-state index >= 15 is 0 Å². The monoisotopic (exact) mass is 196 g/mol. The van der Waals surface area contributed by atoms with Gasteiger partial charge in [0.15, 0.2) is 0 Å². The standard InChI is InChI=1S/C11H13Si.Na/c1-12(2)11-8-7-9-5-3-4-6-10(9)11;/h3-8,11H,1-2H3;/q;+1. The first-order chi connectivity index (χ1) is 5.79. The van der Waals surface area contributed by atoms with Gasteiger partial charge in [0.25, 0.3) is 0 Å². The van der Waals surface area contributed by atoms with Crippen molar-refractivity contribution in [1.82, 2.24) is 0 Å². The van der Waals surface area contributed by atoms with Gasteiger partial charge in [-0.2, -0.15) is 0 Å². The van der Waals surface area contributed by atoms with Crippen LogP contribution in [0.2, 0.25) is 13.1 Å². The molecule has 0 aliphatic heterocycles. The first-order valence-electron chi connectivity index (χ1n) is 4.36. The summed E-state index contributed by atoms with van der Waals surface area (Å²) in [7, 11) is -0.211. The minimum absolute atomic E-state index is 0. The van der Waals surface area contributed by atoms with Gasteiger partial charge in [-0.25, -0.2) is 0 Å². The molecule has 1 unspecified atom stereocenters. The molecule has 0 heterocycles. The van der Waals surface area contributed by atoms with Crippen LogP contribution >= 0.6 is 0 Å². The van der Waals surface area contributed by atoms with E-state index in [1.54, 1.807) is 0 Å². The molecule has 1 radical (unpaired) electrons. The molecule has 0 nitrogen and oxygen atoms in total. The number of hydrogen-bond donors (Lipinski definition) is 0. The van der Waals surface area contributed by atoms with Crippen LogP contribution in [0.5, 0.6) is 0 Å². The van der Waals surface area contributed by atoms with Crippen molar-refractivity contribution in [2.24, 2.45) is 0 Å². The smallest absolute Gasteiger partial charge is 0.0794 e. The zero-order valence-corrected chi connectivity index (χ0v) is 11.5. The molecule has 1 aliphatic carbocycles. The van der Waals surface area contributed by atoms with Gasteiger partial charge < -0.3 is 0 Å². The molecule has 0 spiro atoms. The van der Waals surface area contributed by atoms with Crippen molar-refractivity contribution in [3.8, 4) is 0 Å². The van der Waals surface area contributed by atoms with Crippen LogP contribution in [-0.2, 0) is 0 Å². The van der Waals surface area contributed by atoms with E-state index in [4.69, 9.17) is 0 Å². The third-order valence-corrected chi connectivity index (χ3v) is 4.17. The van der Waals surface area contributed by atoms with Crippen molar-refractivity contribution >= 4 is 14.9 Å². The van der Waals surface area contributed by atoms with Crippen LogP contribution in [0.3, 0.4) is 0 Å². The van der Waals surface area contributed by atoms with Crippen LogP contribution < -0.4 is 29.6 Å². The Morgan fingerprint density at radius 1 is 1.15 bits per heavy atom. The quantitative estimate of drug-likeness (QED) is 0.559. The van der Waals surface area contributed by atoms with E-state index < -0.39 is 0 Å². The molecule has 1 aromatic carbocycles. The van der Waals surface area contributed by atoms with E-state index in [1.165, 1.54) is 11.1 Å². The summed E-state index contributed by atoms with van der Waals surface area (Å²) in [6.45, 7) is 4.75. The molecule has 0 saturated carbocycles. The maximum atomic E-state index is 2.38. The Kier molecular flexibility index (Phi) is 3.99. The second kappa shape index (κ2) is 4.60. The molecule has 2 rings (SSSR count). The van der Waals surface area contributed by atoms with E-state index in [-0.39, 0.29) is 38.4 Å². The topological polar surface area (TPSA) is 0 Å². The average Bonchev–Trinajstić information content (AvgIpc) is 2.47. The molecule has 1 aliphatic rings. The van der Waals surface area contributed by atoms with Crippen LogP contribution in [-0.4, -0.2) is 8.80 Å². The van der Waals surface area contributed by atoms with Crippen LogP contribution in [0.4, 0.5) is 0 Å². The van der Waals surface area contributed by atoms with Gasteiger partial charge in [-0.15, -0.1) is 0 Å². The van der Waals surface area contributed by atoms with E-state index in [0.717, 1.165) is 5.54 Å². The van der Waals surface area contributed by atoms with Crippen LogP contribution in [0.25, 0.3) is 6.08 Å². The van der Waals surface area contributed by atoms with Gasteiger partial charge in [-0.3, -0.25) is 0 Å². The van der Waals surface area contributed by atoms with Crippen LogP contribution in [0.1, 0.15) is 16.7 Å². The summed E-state index contributed by atoms with van der Waals surface area (Å²) < 4.78 is 0. The maximum Gasteiger partial charge on any atom is 1.00 e. The van der Waals surface area contributed by atoms with Gasteiger partial charge >= 0.3 is 29.6 Å². The summed E-state index contributed by atoms with van der Waals surface area (Å²) in [6, 6.07) is 8.72. The third-order valence-electron chi connectivity index (χ3n) is 2.42. The van der Waals surface area contributed by atoms with Crippen molar-refractivity contribution in [3.05, 3.63) is 41.5 Å². The number of allylic oxidation sites excluding steroid dienone is 1. The molecule has 13 heavy (non-hydrogen) atoms. The summed E-state index contributed by atoms with van der Waals surface area (Å²) >= 11 is 0. The Hall–Kier alpha value is 0.177. The largest absolute Gasteiger partial charge is 1.00 e. The van der Waals surface area contributed by atoms with Gasteiger partial charge in [0, 0.05) is 0 Å². The van der Waals surface area contributed by atoms with Crippen molar-refractivity contribution in [3.63, 3.8) is 0 Å². The number of benzene rings is 1. The molecular weight excluding hydrogens is 183 g/mol. The Balaban J connectivity index is 0.000000845. The summed E-state index contributed by atoms with van der Waals surface area (Å²) in [5.74, 6) is 0. The Morgan fingerprint density at radius 2 is 1.85 bits per heavy atom. The Labute approximate surface area is 104 Å². The molecule has 61 valence electrons. The van der Waals surface area contributed by atoms with Crippen molar-refractivity contribution in [2.75, 3.05) is 0 Å². The predicted molar refractivity (Wildman–Crippen MR) is 55.7 cm³/mol. The predicted octanol–water partition coefficient (Wildman–Crippen LogP) is 0.0946. The summed E-state index contributed by atoms with van der Waals surface area (Å²) in [5.41, 5.74) is 3.70. The molecule has 0 bridgehead atoms. The normalized spacial score (nSPS) is 18.5. The average molecular weight is 196 g/mol. The molecule has 1 aromatic rings. The van der Waals surface area contributed by atoms with E-state index in [9.17, 15) is 0 Å². The van der Waals surface area contributed by atoms with Gasteiger partial charge in [0.1, 0.15) is 0 Å². The summed E-state index contributed by atoms with van der Waals surface area (Å²) in [5, 5.41) is 0. The second-order valence-corrected chi connectivity index (χ2v) is 6.32. The number of hydrogen-bond acceptors (Lipinski definition) is 0. The molecular formula is C11H13NaSi+. The molecule has 2 heteroatoms. The Bertz CT molecular complexity index is 318. The second-order valence-electron chi connectivity index (χ2n) is 3.54. The SMILES string of the molecule is C[Si](C)C1C=Cc2ccccc21.[Na+]. The first kappa shape index (κ1) is 11.3. The van der Waals surface area contributed by atoms with Gasteiger partial charge in [-0.05, 0) is 16.7 Å². The zero-order chi connectivity index (χ0) is 8.55. The van der Waals surface area contributed by atoms with Crippen LogP contribution in [0, 0.1) is 0 Å². The minimum Gasteiger partial charge on any atom is -0.0794 e. The zero-order valence-electron chi connectivity index (χ0n) is 8.54. The van der Waals surface area contributed by atoms with Crippen molar-refractivity contribution in [1.29, 1.82) is 0 Å². The molecule has 0 aromatic heterocycles. The number of fused-ring (bicyclic) bond motifs is 1. The molecule has 1 atom stereocenters. The van der Waals surface area contributed by atoms with Crippen molar-refractivity contribution < 1.29 is 29.6 Å². The summed E-state index contributed by atoms with van der Waals surface area (Å²) in [6.07, 6.45) is 4.62. The van der Waals surface area contributed by atoms with E-state index in [1.807, 2.05) is 0 Å². The van der Waals surface area contributed by atoms with Crippen molar-refractivity contribution in [2.45, 2.75) is 18.6 Å². The van der Waals surface area contributed by atoms with Crippen LogP contribution in [0.15, 0.2) is 30.3 Å². The number of rotatable bonds is 1. The summed E-state index contributed by atoms with van der Waals surface area (Å²) in [4.78, 5) is 0. The molecule has 0 saturated heterocycles. The Morgan fingerprint density at radius 3 is 2.54 bits per heavy atom. The van der Waals surface area contributed by atoms with Gasteiger partial charge in [-0.1, -0.05) is 49.5 Å². The molecule has 0 N–H and O–H groups in total. The fraction of sp³-hybridized carbons (Fsp3) is 0.273. The van der Waals surface area contributed by atoms with Gasteiger partial charge in [0.05, 0.1) is 8.80 Å². The fourth-order valence-electron chi connectivity index (χ4n) is 1.75. The maximum absolute atomic E-state index is 2.38. The molecule has 0 fully saturated rings. The van der Waals surface area contributed by atoms with Gasteiger partial charge in [0.2, 0.25) is 0 Å². The minimum atomic E-state index is -0.211.